The van der Waals surface area contributed by atoms with Gasteiger partial charge < -0.3 is 15.4 Å². The van der Waals surface area contributed by atoms with Crippen LogP contribution in [0.15, 0.2) is 48.5 Å². The predicted molar refractivity (Wildman–Crippen MR) is 89.7 cm³/mol. The highest BCUT2D eigenvalue weighted by atomic mass is 35.5. The van der Waals surface area contributed by atoms with E-state index in [1.165, 1.54) is 5.56 Å². The molecule has 0 heterocycles. The van der Waals surface area contributed by atoms with E-state index in [9.17, 15) is 4.79 Å². The van der Waals surface area contributed by atoms with Crippen molar-refractivity contribution in [3.05, 3.63) is 59.1 Å². The standard InChI is InChI=1S/C17H19ClN2O2/c1-12-6-8-16(9-7-12)22-11-13(2)19-17(21)20-15-5-3-4-14(18)10-15/h3-10,13H,11H2,1-2H3,(H2,19,20,21). The first-order chi connectivity index (χ1) is 10.5. The Labute approximate surface area is 135 Å². The van der Waals surface area contributed by atoms with Gasteiger partial charge in [0.15, 0.2) is 0 Å². The topological polar surface area (TPSA) is 50.4 Å². The van der Waals surface area contributed by atoms with Crippen molar-refractivity contribution in [1.82, 2.24) is 5.32 Å². The lowest BCUT2D eigenvalue weighted by atomic mass is 10.2. The molecule has 0 aliphatic heterocycles. The molecule has 0 saturated carbocycles. The number of anilines is 1. The number of aryl methyl sites for hydroxylation is 1. The Morgan fingerprint density at radius 2 is 1.95 bits per heavy atom. The van der Waals surface area contributed by atoms with E-state index in [1.54, 1.807) is 24.3 Å². The number of urea groups is 1. The number of amides is 2. The molecule has 2 aromatic carbocycles. The van der Waals surface area contributed by atoms with E-state index in [4.69, 9.17) is 16.3 Å². The van der Waals surface area contributed by atoms with Gasteiger partial charge in [0.1, 0.15) is 12.4 Å². The van der Waals surface area contributed by atoms with Crippen LogP contribution in [-0.4, -0.2) is 18.7 Å². The van der Waals surface area contributed by atoms with Gasteiger partial charge in [-0.05, 0) is 44.2 Å². The van der Waals surface area contributed by atoms with E-state index < -0.39 is 0 Å². The van der Waals surface area contributed by atoms with E-state index >= 15 is 0 Å². The normalized spacial score (nSPS) is 11.6. The molecule has 1 atom stereocenters. The molecule has 0 spiro atoms. The number of carbonyl (C=O) groups excluding carboxylic acids is 1. The van der Waals surface area contributed by atoms with Gasteiger partial charge in [0.2, 0.25) is 0 Å². The predicted octanol–water partition coefficient (Wildman–Crippen LogP) is 4.24. The van der Waals surface area contributed by atoms with Gasteiger partial charge in [-0.3, -0.25) is 0 Å². The van der Waals surface area contributed by atoms with Crippen LogP contribution in [0.5, 0.6) is 5.75 Å². The van der Waals surface area contributed by atoms with Gasteiger partial charge in [-0.2, -0.15) is 0 Å². The third-order valence-corrected chi connectivity index (χ3v) is 3.22. The molecule has 0 aromatic heterocycles. The van der Waals surface area contributed by atoms with Crippen LogP contribution in [0.1, 0.15) is 12.5 Å². The Morgan fingerprint density at radius 1 is 1.23 bits per heavy atom. The highest BCUT2D eigenvalue weighted by Gasteiger charge is 2.08. The highest BCUT2D eigenvalue weighted by Crippen LogP contribution is 2.15. The summed E-state index contributed by atoms with van der Waals surface area (Å²) in [6.07, 6.45) is 0. The van der Waals surface area contributed by atoms with Gasteiger partial charge in [-0.25, -0.2) is 4.79 Å². The fourth-order valence-electron chi connectivity index (χ4n) is 1.85. The maximum atomic E-state index is 11.9. The monoisotopic (exact) mass is 318 g/mol. The van der Waals surface area contributed by atoms with Crippen LogP contribution in [0.4, 0.5) is 10.5 Å². The first-order valence-corrected chi connectivity index (χ1v) is 7.43. The third-order valence-electron chi connectivity index (χ3n) is 2.98. The zero-order valence-electron chi connectivity index (χ0n) is 12.6. The number of carbonyl (C=O) groups is 1. The van der Waals surface area contributed by atoms with Crippen LogP contribution in [0.25, 0.3) is 0 Å². The summed E-state index contributed by atoms with van der Waals surface area (Å²) < 4.78 is 5.63. The van der Waals surface area contributed by atoms with E-state index in [1.807, 2.05) is 38.1 Å². The molecule has 2 N–H and O–H groups in total. The average molecular weight is 319 g/mol. The summed E-state index contributed by atoms with van der Waals surface area (Å²) in [6, 6.07) is 14.4. The van der Waals surface area contributed by atoms with Crippen molar-refractivity contribution in [2.24, 2.45) is 0 Å². The summed E-state index contributed by atoms with van der Waals surface area (Å²) in [5.41, 5.74) is 1.83. The Balaban J connectivity index is 1.77. The molecule has 2 rings (SSSR count). The van der Waals surface area contributed by atoms with Crippen LogP contribution in [0.2, 0.25) is 5.02 Å². The van der Waals surface area contributed by atoms with Crippen molar-refractivity contribution in [2.75, 3.05) is 11.9 Å². The molecule has 0 aliphatic rings. The molecule has 0 saturated heterocycles. The van der Waals surface area contributed by atoms with Crippen molar-refractivity contribution in [3.63, 3.8) is 0 Å². The Kier molecular flexibility index (Phi) is 5.67. The second-order valence-corrected chi connectivity index (χ2v) is 5.57. The van der Waals surface area contributed by atoms with Crippen molar-refractivity contribution < 1.29 is 9.53 Å². The lowest BCUT2D eigenvalue weighted by molar-refractivity contribution is 0.236. The van der Waals surface area contributed by atoms with Gasteiger partial charge >= 0.3 is 6.03 Å². The fraction of sp³-hybridized carbons (Fsp3) is 0.235. The molecular weight excluding hydrogens is 300 g/mol. The number of benzene rings is 2. The third kappa shape index (κ3) is 5.30. The van der Waals surface area contributed by atoms with Crippen molar-refractivity contribution in [2.45, 2.75) is 19.9 Å². The molecular formula is C17H19ClN2O2. The summed E-state index contributed by atoms with van der Waals surface area (Å²) in [4.78, 5) is 11.9. The minimum Gasteiger partial charge on any atom is -0.491 e. The molecule has 2 amide bonds. The molecule has 1 unspecified atom stereocenters. The zero-order valence-corrected chi connectivity index (χ0v) is 13.4. The smallest absolute Gasteiger partial charge is 0.319 e. The van der Waals surface area contributed by atoms with Crippen LogP contribution >= 0.6 is 11.6 Å². The summed E-state index contributed by atoms with van der Waals surface area (Å²) in [5, 5.41) is 6.12. The number of hydrogen-bond donors (Lipinski definition) is 2. The van der Waals surface area contributed by atoms with Gasteiger partial charge in [0, 0.05) is 10.7 Å². The molecule has 5 heteroatoms. The molecule has 0 bridgehead atoms. The summed E-state index contributed by atoms with van der Waals surface area (Å²) in [7, 11) is 0. The van der Waals surface area contributed by atoms with Crippen LogP contribution < -0.4 is 15.4 Å². The van der Waals surface area contributed by atoms with Gasteiger partial charge in [-0.1, -0.05) is 35.4 Å². The first-order valence-electron chi connectivity index (χ1n) is 7.05. The number of ether oxygens (including phenoxy) is 1. The second kappa shape index (κ2) is 7.71. The van der Waals surface area contributed by atoms with Crippen LogP contribution in [0.3, 0.4) is 0 Å². The Hall–Kier alpha value is -2.20. The molecule has 2 aromatic rings. The molecule has 4 nitrogen and oxygen atoms in total. The SMILES string of the molecule is Cc1ccc(OCC(C)NC(=O)Nc2cccc(Cl)c2)cc1. The first kappa shape index (κ1) is 16.2. The van der Waals surface area contributed by atoms with Crippen molar-refractivity contribution >= 4 is 23.3 Å². The molecule has 22 heavy (non-hydrogen) atoms. The number of nitrogens with one attached hydrogen (secondary N) is 2. The Morgan fingerprint density at radius 3 is 2.64 bits per heavy atom. The van der Waals surface area contributed by atoms with Gasteiger partial charge in [0.25, 0.3) is 0 Å². The Bertz CT molecular complexity index is 629. The minimum atomic E-state index is -0.290. The van der Waals surface area contributed by atoms with E-state index in [-0.39, 0.29) is 12.1 Å². The van der Waals surface area contributed by atoms with E-state index in [0.29, 0.717) is 17.3 Å². The summed E-state index contributed by atoms with van der Waals surface area (Å²) in [6.45, 7) is 4.30. The van der Waals surface area contributed by atoms with Crippen LogP contribution in [0, 0.1) is 6.92 Å². The maximum Gasteiger partial charge on any atom is 0.319 e. The van der Waals surface area contributed by atoms with Gasteiger partial charge in [-0.15, -0.1) is 0 Å². The second-order valence-electron chi connectivity index (χ2n) is 5.13. The van der Waals surface area contributed by atoms with Crippen LogP contribution in [-0.2, 0) is 0 Å². The average Bonchev–Trinajstić information content (AvgIpc) is 2.46. The van der Waals surface area contributed by atoms with E-state index in [2.05, 4.69) is 10.6 Å². The summed E-state index contributed by atoms with van der Waals surface area (Å²) >= 11 is 5.87. The zero-order chi connectivity index (χ0) is 15.9. The quantitative estimate of drug-likeness (QED) is 0.866. The largest absolute Gasteiger partial charge is 0.491 e. The van der Waals surface area contributed by atoms with Gasteiger partial charge in [0.05, 0.1) is 6.04 Å². The lowest BCUT2D eigenvalue weighted by Crippen LogP contribution is -2.39. The van der Waals surface area contributed by atoms with Crippen molar-refractivity contribution in [1.29, 1.82) is 0 Å². The number of halogens is 1. The molecule has 0 fully saturated rings. The van der Waals surface area contributed by atoms with E-state index in [0.717, 1.165) is 5.75 Å². The molecule has 0 aliphatic carbocycles. The lowest BCUT2D eigenvalue weighted by Gasteiger charge is -2.16. The fourth-order valence-corrected chi connectivity index (χ4v) is 2.04. The number of hydrogen-bond acceptors (Lipinski definition) is 2. The summed E-state index contributed by atoms with van der Waals surface area (Å²) in [5.74, 6) is 0.787. The highest BCUT2D eigenvalue weighted by molar-refractivity contribution is 6.30. The number of rotatable bonds is 5. The van der Waals surface area contributed by atoms with Crippen molar-refractivity contribution in [3.8, 4) is 5.75 Å². The molecule has 0 radical (unpaired) electrons. The minimum absolute atomic E-state index is 0.125. The maximum absolute atomic E-state index is 11.9. The molecule has 116 valence electrons.